The normalized spacial score (nSPS) is 11.9. The molecule has 0 aliphatic carbocycles. The highest BCUT2D eigenvalue weighted by atomic mass is 16.3. The number of anilines is 5. The maximum absolute atomic E-state index is 11.1. The van der Waals surface area contributed by atoms with Crippen LogP contribution in [0.5, 0.6) is 5.75 Å². The van der Waals surface area contributed by atoms with Crippen molar-refractivity contribution in [3.63, 3.8) is 0 Å². The first-order valence-electron chi connectivity index (χ1n) is 20.7. The number of rotatable bonds is 8. The van der Waals surface area contributed by atoms with Gasteiger partial charge in [-0.15, -0.1) is 0 Å². The number of hydrogen-bond donors (Lipinski definition) is 2. The molecule has 0 saturated carbocycles. The van der Waals surface area contributed by atoms with Crippen molar-refractivity contribution in [3.8, 4) is 39.1 Å². The summed E-state index contributed by atoms with van der Waals surface area (Å²) in [5, 5.41) is 16.9. The van der Waals surface area contributed by atoms with E-state index in [4.69, 9.17) is 4.42 Å². The Bertz CT molecular complexity index is 2970. The van der Waals surface area contributed by atoms with Crippen molar-refractivity contribution < 1.29 is 9.52 Å². The van der Waals surface area contributed by atoms with Crippen LogP contribution in [-0.4, -0.2) is 5.11 Å². The SMILES string of the molecule is CC(C)(C)c1ccc(Nc2ccc(O)cc2-c2cc(-c3ccccc3)cc(N(c3ccc4oc5ccccc5c4c3)c3ccc(C(C)(C)C)cc3-c3ccccc3)c2)cc1. The largest absolute Gasteiger partial charge is 0.508 e. The molecule has 9 aromatic rings. The Labute approximate surface area is 353 Å². The fraction of sp³-hybridized carbons (Fsp3) is 0.143. The Morgan fingerprint density at radius 2 is 1.08 bits per heavy atom. The molecule has 0 spiro atoms. The predicted octanol–water partition coefficient (Wildman–Crippen LogP) is 16.1. The Kier molecular flexibility index (Phi) is 9.80. The Balaban J connectivity index is 1.30. The van der Waals surface area contributed by atoms with Crippen molar-refractivity contribution in [1.82, 2.24) is 0 Å². The minimum absolute atomic E-state index is 0.0467. The molecule has 0 aliphatic heterocycles. The number of nitrogens with zero attached hydrogens (tertiary/aromatic N) is 1. The number of phenolic OH excluding ortho intramolecular Hbond substituents is 1. The van der Waals surface area contributed by atoms with Gasteiger partial charge in [-0.25, -0.2) is 0 Å². The summed E-state index contributed by atoms with van der Waals surface area (Å²) in [4.78, 5) is 2.38. The van der Waals surface area contributed by atoms with Crippen molar-refractivity contribution in [3.05, 3.63) is 193 Å². The van der Waals surface area contributed by atoms with E-state index < -0.39 is 0 Å². The first kappa shape index (κ1) is 38.5. The third-order valence-corrected chi connectivity index (χ3v) is 11.4. The number of nitrogens with one attached hydrogen (secondary N) is 1. The summed E-state index contributed by atoms with van der Waals surface area (Å²) in [6, 6.07) is 63.8. The molecule has 0 amide bonds. The van der Waals surface area contributed by atoms with E-state index in [0.29, 0.717) is 0 Å². The number of phenols is 1. The van der Waals surface area contributed by atoms with Crippen LogP contribution in [0.1, 0.15) is 52.7 Å². The molecule has 0 fully saturated rings. The Morgan fingerprint density at radius 3 is 1.80 bits per heavy atom. The molecule has 1 heterocycles. The van der Waals surface area contributed by atoms with E-state index in [1.54, 1.807) is 6.07 Å². The second-order valence-corrected chi connectivity index (χ2v) is 17.8. The highest BCUT2D eigenvalue weighted by molar-refractivity contribution is 6.07. The zero-order valence-corrected chi connectivity index (χ0v) is 35.1. The first-order valence-corrected chi connectivity index (χ1v) is 20.7. The van der Waals surface area contributed by atoms with Crippen molar-refractivity contribution in [2.24, 2.45) is 0 Å². The standard InChI is InChI=1S/C56H50N2O2/c1-55(2,3)41-21-24-43(25-22-41)57-51-28-27-46(59)36-48(51)40-31-39(37-15-9-7-10-16-37)32-45(33-40)58(44-26-30-54-50(35-44)47-19-13-14-20-53(47)60-54)52-29-23-42(56(4,5)6)34-49(52)38-17-11-8-12-18-38/h7-36,57,59H,1-6H3. The average molecular weight is 783 g/mol. The third kappa shape index (κ3) is 7.65. The molecular formula is C56H50N2O2. The van der Waals surface area contributed by atoms with Gasteiger partial charge in [0.25, 0.3) is 0 Å². The number of aromatic hydroxyl groups is 1. The molecule has 4 nitrogen and oxygen atoms in total. The van der Waals surface area contributed by atoms with Gasteiger partial charge in [0.1, 0.15) is 16.9 Å². The van der Waals surface area contributed by atoms with Gasteiger partial charge < -0.3 is 19.7 Å². The number of furan rings is 1. The molecule has 2 N–H and O–H groups in total. The second-order valence-electron chi connectivity index (χ2n) is 17.8. The zero-order chi connectivity index (χ0) is 41.6. The van der Waals surface area contributed by atoms with Crippen LogP contribution in [0, 0.1) is 0 Å². The van der Waals surface area contributed by atoms with Crippen molar-refractivity contribution >= 4 is 50.4 Å². The maximum atomic E-state index is 11.1. The highest BCUT2D eigenvalue weighted by Gasteiger charge is 2.24. The van der Waals surface area contributed by atoms with Gasteiger partial charge in [-0.05, 0) is 129 Å². The monoisotopic (exact) mass is 782 g/mol. The Morgan fingerprint density at radius 1 is 0.450 bits per heavy atom. The second kappa shape index (κ2) is 15.3. The molecule has 60 heavy (non-hydrogen) atoms. The number of hydrogen-bond acceptors (Lipinski definition) is 4. The predicted molar refractivity (Wildman–Crippen MR) is 254 cm³/mol. The molecule has 1 aromatic heterocycles. The molecule has 0 unspecified atom stereocenters. The van der Waals surface area contributed by atoms with Crippen LogP contribution < -0.4 is 10.2 Å². The number of fused-ring (bicyclic) bond motifs is 3. The first-order chi connectivity index (χ1) is 28.9. The fourth-order valence-electron chi connectivity index (χ4n) is 8.11. The molecular weight excluding hydrogens is 733 g/mol. The smallest absolute Gasteiger partial charge is 0.135 e. The van der Waals surface area contributed by atoms with E-state index in [1.807, 2.05) is 24.3 Å². The number of benzene rings is 8. The summed E-state index contributed by atoms with van der Waals surface area (Å²) in [5.74, 6) is 0.198. The fourth-order valence-corrected chi connectivity index (χ4v) is 8.11. The van der Waals surface area contributed by atoms with Crippen molar-refractivity contribution in [2.45, 2.75) is 52.4 Å². The van der Waals surface area contributed by atoms with E-state index in [0.717, 1.165) is 83.8 Å². The molecule has 296 valence electrons. The summed E-state index contributed by atoms with van der Waals surface area (Å²) >= 11 is 0. The third-order valence-electron chi connectivity index (χ3n) is 11.4. The maximum Gasteiger partial charge on any atom is 0.135 e. The highest BCUT2D eigenvalue weighted by Crippen LogP contribution is 2.47. The summed E-state index contributed by atoms with van der Waals surface area (Å²) in [7, 11) is 0. The lowest BCUT2D eigenvalue weighted by Crippen LogP contribution is -2.15. The average Bonchev–Trinajstić information content (AvgIpc) is 3.63. The topological polar surface area (TPSA) is 48.6 Å². The molecule has 0 atom stereocenters. The van der Waals surface area contributed by atoms with Gasteiger partial charge in [0.2, 0.25) is 0 Å². The van der Waals surface area contributed by atoms with Gasteiger partial charge in [-0.3, -0.25) is 0 Å². The quantitative estimate of drug-likeness (QED) is 0.151. The summed E-state index contributed by atoms with van der Waals surface area (Å²) in [5.41, 5.74) is 15.4. The van der Waals surface area contributed by atoms with Crippen LogP contribution in [0.25, 0.3) is 55.3 Å². The van der Waals surface area contributed by atoms with Gasteiger partial charge in [-0.1, -0.05) is 139 Å². The molecule has 0 aliphatic rings. The molecule has 8 aromatic carbocycles. The lowest BCUT2D eigenvalue weighted by Gasteiger charge is -2.31. The van der Waals surface area contributed by atoms with Gasteiger partial charge in [-0.2, -0.15) is 0 Å². The molecule has 0 saturated heterocycles. The van der Waals surface area contributed by atoms with Crippen molar-refractivity contribution in [2.75, 3.05) is 10.2 Å². The molecule has 4 heteroatoms. The molecule has 0 bridgehead atoms. The van der Waals surface area contributed by atoms with Crippen LogP contribution in [-0.2, 0) is 10.8 Å². The van der Waals surface area contributed by atoms with Gasteiger partial charge in [0, 0.05) is 44.6 Å². The van der Waals surface area contributed by atoms with Crippen molar-refractivity contribution in [1.29, 1.82) is 0 Å². The van der Waals surface area contributed by atoms with Crippen LogP contribution in [0.2, 0.25) is 0 Å². The van der Waals surface area contributed by atoms with Gasteiger partial charge >= 0.3 is 0 Å². The van der Waals surface area contributed by atoms with E-state index in [2.05, 4.69) is 203 Å². The lowest BCUT2D eigenvalue weighted by molar-refractivity contribution is 0.475. The summed E-state index contributed by atoms with van der Waals surface area (Å²) < 4.78 is 6.35. The number of para-hydroxylation sites is 1. The van der Waals surface area contributed by atoms with E-state index >= 15 is 0 Å². The van der Waals surface area contributed by atoms with Gasteiger partial charge in [0.15, 0.2) is 0 Å². The zero-order valence-electron chi connectivity index (χ0n) is 35.1. The lowest BCUT2D eigenvalue weighted by atomic mass is 9.84. The van der Waals surface area contributed by atoms with Crippen LogP contribution >= 0.6 is 0 Å². The molecule has 0 radical (unpaired) electrons. The van der Waals surface area contributed by atoms with Crippen LogP contribution in [0.15, 0.2) is 186 Å². The Hall–Kier alpha value is -7.04. The van der Waals surface area contributed by atoms with E-state index in [9.17, 15) is 5.11 Å². The summed E-state index contributed by atoms with van der Waals surface area (Å²) in [6.45, 7) is 13.5. The van der Waals surface area contributed by atoms with Crippen LogP contribution in [0.4, 0.5) is 28.4 Å². The van der Waals surface area contributed by atoms with E-state index in [-0.39, 0.29) is 16.6 Å². The van der Waals surface area contributed by atoms with Crippen LogP contribution in [0.3, 0.4) is 0 Å². The minimum Gasteiger partial charge on any atom is -0.508 e. The molecule has 9 rings (SSSR count). The van der Waals surface area contributed by atoms with Gasteiger partial charge in [0.05, 0.1) is 5.69 Å². The minimum atomic E-state index is -0.0618. The van der Waals surface area contributed by atoms with E-state index in [1.165, 1.54) is 11.1 Å². The summed E-state index contributed by atoms with van der Waals surface area (Å²) in [6.07, 6.45) is 0.